The van der Waals surface area contributed by atoms with Gasteiger partial charge in [0.2, 0.25) is 0 Å². The predicted molar refractivity (Wildman–Crippen MR) is 87.7 cm³/mol. The van der Waals surface area contributed by atoms with Gasteiger partial charge in [-0.25, -0.2) is 13.2 Å². The first-order valence-corrected chi connectivity index (χ1v) is 9.18. The van der Waals surface area contributed by atoms with Crippen LogP contribution in [0.3, 0.4) is 0 Å². The average molecular weight is 342 g/mol. The van der Waals surface area contributed by atoms with Crippen LogP contribution in [-0.4, -0.2) is 64.3 Å². The number of anilines is 1. The lowest BCUT2D eigenvalue weighted by atomic mass is 10.2. The molecule has 0 spiro atoms. The number of methoxy groups -OCH3 is 2. The number of hydrogen-bond acceptors (Lipinski definition) is 5. The quantitative estimate of drug-likeness (QED) is 0.844. The smallest absolute Gasteiger partial charge is 0.322 e. The van der Waals surface area contributed by atoms with Gasteiger partial charge in [0, 0.05) is 31.5 Å². The van der Waals surface area contributed by atoms with Gasteiger partial charge in [0.25, 0.3) is 0 Å². The third-order valence-corrected chi connectivity index (χ3v) is 5.52. The maximum Gasteiger partial charge on any atom is 0.322 e. The van der Waals surface area contributed by atoms with E-state index in [2.05, 4.69) is 5.32 Å². The third-order valence-electron chi connectivity index (χ3n) is 3.77. The molecule has 1 aliphatic rings. The molecule has 7 nitrogen and oxygen atoms in total. The van der Waals surface area contributed by atoms with Gasteiger partial charge >= 0.3 is 6.03 Å². The Morgan fingerprint density at radius 1 is 1.39 bits per heavy atom. The van der Waals surface area contributed by atoms with Crippen molar-refractivity contribution in [2.75, 3.05) is 44.2 Å². The maximum absolute atomic E-state index is 12.5. The number of sulfone groups is 1. The second kappa shape index (κ2) is 7.65. The van der Waals surface area contributed by atoms with Crippen LogP contribution >= 0.6 is 0 Å². The first-order valence-electron chi connectivity index (χ1n) is 7.36. The lowest BCUT2D eigenvalue weighted by Crippen LogP contribution is -2.45. The van der Waals surface area contributed by atoms with Crippen molar-refractivity contribution < 1.29 is 22.7 Å². The van der Waals surface area contributed by atoms with Crippen LogP contribution in [0.15, 0.2) is 24.3 Å². The van der Waals surface area contributed by atoms with Gasteiger partial charge in [-0.15, -0.1) is 0 Å². The Morgan fingerprint density at radius 2 is 2.17 bits per heavy atom. The van der Waals surface area contributed by atoms with E-state index in [1.165, 1.54) is 4.90 Å². The van der Waals surface area contributed by atoms with Crippen molar-refractivity contribution in [1.29, 1.82) is 0 Å². The zero-order valence-corrected chi connectivity index (χ0v) is 14.1. The van der Waals surface area contributed by atoms with Crippen LogP contribution in [0.2, 0.25) is 0 Å². The first kappa shape index (κ1) is 17.6. The Kier molecular flexibility index (Phi) is 5.84. The lowest BCUT2D eigenvalue weighted by molar-refractivity contribution is 0.140. The van der Waals surface area contributed by atoms with Crippen molar-refractivity contribution in [3.63, 3.8) is 0 Å². The zero-order chi connectivity index (χ0) is 16.9. The summed E-state index contributed by atoms with van der Waals surface area (Å²) in [4.78, 5) is 14.1. The summed E-state index contributed by atoms with van der Waals surface area (Å²) in [6.45, 7) is 0.689. The van der Waals surface area contributed by atoms with Gasteiger partial charge < -0.3 is 19.7 Å². The first-order chi connectivity index (χ1) is 10.9. The van der Waals surface area contributed by atoms with Gasteiger partial charge in [-0.1, -0.05) is 6.07 Å². The summed E-state index contributed by atoms with van der Waals surface area (Å²) >= 11 is 0. The topological polar surface area (TPSA) is 84.9 Å². The van der Waals surface area contributed by atoms with Crippen molar-refractivity contribution in [3.05, 3.63) is 24.3 Å². The number of ether oxygens (including phenoxy) is 2. The van der Waals surface area contributed by atoms with Crippen LogP contribution in [-0.2, 0) is 14.6 Å². The Balaban J connectivity index is 2.09. The van der Waals surface area contributed by atoms with Crippen LogP contribution in [0.25, 0.3) is 0 Å². The Bertz CT molecular complexity index is 647. The molecule has 0 radical (unpaired) electrons. The second-order valence-corrected chi connectivity index (χ2v) is 7.63. The molecule has 1 unspecified atom stereocenters. The van der Waals surface area contributed by atoms with Crippen LogP contribution in [0.4, 0.5) is 10.5 Å². The number of carbonyl (C=O) groups excluding carboxylic acids is 1. The van der Waals surface area contributed by atoms with Gasteiger partial charge in [0.15, 0.2) is 9.84 Å². The molecule has 1 aromatic carbocycles. The maximum atomic E-state index is 12.5. The van der Waals surface area contributed by atoms with E-state index in [0.29, 0.717) is 31.0 Å². The largest absolute Gasteiger partial charge is 0.497 e. The predicted octanol–water partition coefficient (Wildman–Crippen LogP) is 1.36. The molecule has 1 saturated heterocycles. The minimum Gasteiger partial charge on any atom is -0.497 e. The van der Waals surface area contributed by atoms with Gasteiger partial charge in [-0.2, -0.15) is 0 Å². The molecule has 0 bridgehead atoms. The number of carbonyl (C=O) groups is 1. The SMILES string of the molecule is COCCN(C(=O)Nc1cccc(OC)c1)C1CCS(=O)(=O)C1. The molecule has 1 aromatic rings. The molecular formula is C15H22N2O5S. The summed E-state index contributed by atoms with van der Waals surface area (Å²) in [7, 11) is 0.0309. The number of nitrogens with zero attached hydrogens (tertiary/aromatic N) is 1. The van der Waals surface area contributed by atoms with E-state index in [9.17, 15) is 13.2 Å². The molecule has 1 aliphatic heterocycles. The van der Waals surface area contributed by atoms with Crippen molar-refractivity contribution in [2.45, 2.75) is 12.5 Å². The van der Waals surface area contributed by atoms with E-state index in [1.54, 1.807) is 38.5 Å². The van der Waals surface area contributed by atoms with Crippen molar-refractivity contribution in [3.8, 4) is 5.75 Å². The average Bonchev–Trinajstić information content (AvgIpc) is 2.87. The molecule has 1 fully saturated rings. The summed E-state index contributed by atoms with van der Waals surface area (Å²) in [6, 6.07) is 6.35. The van der Waals surface area contributed by atoms with Crippen molar-refractivity contribution in [2.24, 2.45) is 0 Å². The van der Waals surface area contributed by atoms with Gasteiger partial charge in [0.05, 0.1) is 25.2 Å². The monoisotopic (exact) mass is 342 g/mol. The fraction of sp³-hybridized carbons (Fsp3) is 0.533. The molecule has 2 amide bonds. The summed E-state index contributed by atoms with van der Waals surface area (Å²) in [5.74, 6) is 0.755. The summed E-state index contributed by atoms with van der Waals surface area (Å²) < 4.78 is 33.5. The van der Waals surface area contributed by atoms with Crippen LogP contribution < -0.4 is 10.1 Å². The van der Waals surface area contributed by atoms with E-state index in [4.69, 9.17) is 9.47 Å². The molecule has 128 valence electrons. The molecule has 1 atom stereocenters. The Morgan fingerprint density at radius 3 is 2.78 bits per heavy atom. The number of amides is 2. The van der Waals surface area contributed by atoms with Crippen molar-refractivity contribution >= 4 is 21.6 Å². The number of nitrogens with one attached hydrogen (secondary N) is 1. The highest BCUT2D eigenvalue weighted by molar-refractivity contribution is 7.91. The van der Waals surface area contributed by atoms with E-state index < -0.39 is 9.84 Å². The van der Waals surface area contributed by atoms with Crippen LogP contribution in [0.1, 0.15) is 6.42 Å². The molecule has 0 aliphatic carbocycles. The molecule has 23 heavy (non-hydrogen) atoms. The summed E-state index contributed by atoms with van der Waals surface area (Å²) in [5.41, 5.74) is 0.595. The fourth-order valence-electron chi connectivity index (χ4n) is 2.56. The minimum atomic E-state index is -3.07. The molecule has 0 saturated carbocycles. The van der Waals surface area contributed by atoms with E-state index >= 15 is 0 Å². The normalized spacial score (nSPS) is 19.3. The highest BCUT2D eigenvalue weighted by Gasteiger charge is 2.34. The molecule has 0 aromatic heterocycles. The number of hydrogen-bond donors (Lipinski definition) is 1. The zero-order valence-electron chi connectivity index (χ0n) is 13.3. The minimum absolute atomic E-state index is 0.00223. The van der Waals surface area contributed by atoms with Crippen LogP contribution in [0, 0.1) is 0 Å². The fourth-order valence-corrected chi connectivity index (χ4v) is 4.29. The van der Waals surface area contributed by atoms with Crippen LogP contribution in [0.5, 0.6) is 5.75 Å². The molecule has 1 heterocycles. The highest BCUT2D eigenvalue weighted by atomic mass is 32.2. The standard InChI is InChI=1S/C15H22N2O5S/c1-21-8-7-17(13-6-9-23(19,20)11-13)15(18)16-12-4-3-5-14(10-12)22-2/h3-5,10,13H,6-9,11H2,1-2H3,(H,16,18). The lowest BCUT2D eigenvalue weighted by Gasteiger charge is -2.28. The molecule has 8 heteroatoms. The van der Waals surface area contributed by atoms with Gasteiger partial charge in [-0.05, 0) is 18.6 Å². The molecule has 1 N–H and O–H groups in total. The van der Waals surface area contributed by atoms with E-state index in [0.717, 1.165) is 0 Å². The van der Waals surface area contributed by atoms with E-state index in [1.807, 2.05) is 0 Å². The summed E-state index contributed by atoms with van der Waals surface area (Å²) in [5, 5.41) is 2.79. The number of rotatable bonds is 6. The van der Waals surface area contributed by atoms with Gasteiger partial charge in [-0.3, -0.25) is 0 Å². The van der Waals surface area contributed by atoms with Crippen molar-refractivity contribution in [1.82, 2.24) is 4.90 Å². The second-order valence-electron chi connectivity index (χ2n) is 5.41. The molecular weight excluding hydrogens is 320 g/mol. The van der Waals surface area contributed by atoms with E-state index in [-0.39, 0.29) is 23.6 Å². The Labute approximate surface area is 136 Å². The number of benzene rings is 1. The summed E-state index contributed by atoms with van der Waals surface area (Å²) in [6.07, 6.45) is 0.456. The van der Waals surface area contributed by atoms with Gasteiger partial charge in [0.1, 0.15) is 5.75 Å². The highest BCUT2D eigenvalue weighted by Crippen LogP contribution is 2.21. The Hall–Kier alpha value is -1.80. The molecule has 2 rings (SSSR count). The third kappa shape index (κ3) is 4.84. The number of urea groups is 1.